The molecule has 106 valence electrons. The zero-order valence-electron chi connectivity index (χ0n) is 10.8. The number of hydrogen-bond donors (Lipinski definition) is 1. The summed E-state index contributed by atoms with van der Waals surface area (Å²) in [6.07, 6.45) is -1.18. The Bertz CT molecular complexity index is 396. The Labute approximate surface area is 111 Å². The van der Waals surface area contributed by atoms with Gasteiger partial charge in [-0.1, -0.05) is 12.1 Å². The van der Waals surface area contributed by atoms with E-state index in [0.717, 1.165) is 43.6 Å². The Morgan fingerprint density at radius 1 is 1.32 bits per heavy atom. The molecule has 1 heterocycles. The van der Waals surface area contributed by atoms with E-state index < -0.39 is 11.7 Å². The van der Waals surface area contributed by atoms with Gasteiger partial charge in [0, 0.05) is 12.6 Å². The van der Waals surface area contributed by atoms with Gasteiger partial charge >= 0.3 is 6.18 Å². The highest BCUT2D eigenvalue weighted by Gasteiger charge is 2.30. The lowest BCUT2D eigenvalue weighted by atomic mass is 9.98. The molecule has 0 bridgehead atoms. The van der Waals surface area contributed by atoms with Gasteiger partial charge in [0.15, 0.2) is 0 Å². The fraction of sp³-hybridized carbons (Fsp3) is 0.571. The lowest BCUT2D eigenvalue weighted by molar-refractivity contribution is -0.137. The van der Waals surface area contributed by atoms with Crippen LogP contribution in [0.2, 0.25) is 0 Å². The SMILES string of the molecule is CNC(CC1CCCO1)c1ccc(C(F)(F)F)cc1. The third kappa shape index (κ3) is 3.70. The summed E-state index contributed by atoms with van der Waals surface area (Å²) in [4.78, 5) is 0. The number of hydrogen-bond acceptors (Lipinski definition) is 2. The molecule has 1 aromatic rings. The molecule has 0 radical (unpaired) electrons. The molecule has 1 fully saturated rings. The Hall–Kier alpha value is -1.07. The second-order valence-corrected chi connectivity index (χ2v) is 4.83. The average Bonchev–Trinajstić information content (AvgIpc) is 2.88. The minimum atomic E-state index is -4.28. The smallest absolute Gasteiger partial charge is 0.378 e. The maximum atomic E-state index is 12.5. The Balaban J connectivity index is 2.05. The van der Waals surface area contributed by atoms with Crippen molar-refractivity contribution in [1.29, 1.82) is 0 Å². The summed E-state index contributed by atoms with van der Waals surface area (Å²) in [7, 11) is 1.82. The molecule has 1 aromatic carbocycles. The van der Waals surface area contributed by atoms with E-state index in [1.165, 1.54) is 0 Å². The van der Waals surface area contributed by atoms with Crippen molar-refractivity contribution in [2.45, 2.75) is 37.6 Å². The van der Waals surface area contributed by atoms with E-state index in [4.69, 9.17) is 4.74 Å². The van der Waals surface area contributed by atoms with Crippen LogP contribution in [0.3, 0.4) is 0 Å². The second kappa shape index (κ2) is 5.92. The molecular weight excluding hydrogens is 255 g/mol. The van der Waals surface area contributed by atoms with Crippen molar-refractivity contribution >= 4 is 0 Å². The molecule has 5 heteroatoms. The van der Waals surface area contributed by atoms with Crippen LogP contribution in [0.15, 0.2) is 24.3 Å². The van der Waals surface area contributed by atoms with Crippen LogP contribution in [-0.2, 0) is 10.9 Å². The fourth-order valence-electron chi connectivity index (χ4n) is 2.42. The minimum absolute atomic E-state index is 0.0328. The Morgan fingerprint density at radius 3 is 2.47 bits per heavy atom. The first-order valence-corrected chi connectivity index (χ1v) is 6.46. The first-order valence-electron chi connectivity index (χ1n) is 6.46. The van der Waals surface area contributed by atoms with Gasteiger partial charge in [-0.05, 0) is 44.0 Å². The summed E-state index contributed by atoms with van der Waals surface area (Å²) in [5.41, 5.74) is 0.259. The quantitative estimate of drug-likeness (QED) is 0.906. The minimum Gasteiger partial charge on any atom is -0.378 e. The molecule has 1 aliphatic rings. The van der Waals surface area contributed by atoms with Crippen molar-refractivity contribution < 1.29 is 17.9 Å². The summed E-state index contributed by atoms with van der Waals surface area (Å²) in [5, 5.41) is 3.14. The van der Waals surface area contributed by atoms with Crippen molar-refractivity contribution in [1.82, 2.24) is 5.32 Å². The molecule has 1 saturated heterocycles. The van der Waals surface area contributed by atoms with Crippen LogP contribution in [0.5, 0.6) is 0 Å². The highest BCUT2D eigenvalue weighted by molar-refractivity contribution is 5.26. The van der Waals surface area contributed by atoms with Crippen LogP contribution >= 0.6 is 0 Å². The van der Waals surface area contributed by atoms with Gasteiger partial charge < -0.3 is 10.1 Å². The predicted octanol–water partition coefficient (Wildman–Crippen LogP) is 3.54. The third-order valence-electron chi connectivity index (χ3n) is 3.51. The molecule has 1 N–H and O–H groups in total. The predicted molar refractivity (Wildman–Crippen MR) is 66.8 cm³/mol. The molecule has 19 heavy (non-hydrogen) atoms. The van der Waals surface area contributed by atoms with Crippen LogP contribution in [0.1, 0.15) is 36.4 Å². The number of ether oxygens (including phenoxy) is 1. The van der Waals surface area contributed by atoms with Crippen LogP contribution in [-0.4, -0.2) is 19.8 Å². The van der Waals surface area contributed by atoms with E-state index in [2.05, 4.69) is 5.32 Å². The molecule has 0 amide bonds. The van der Waals surface area contributed by atoms with E-state index in [9.17, 15) is 13.2 Å². The first-order chi connectivity index (χ1) is 9.00. The van der Waals surface area contributed by atoms with Crippen LogP contribution in [0, 0.1) is 0 Å². The van der Waals surface area contributed by atoms with Crippen LogP contribution < -0.4 is 5.32 Å². The Morgan fingerprint density at radius 2 is 2.00 bits per heavy atom. The molecule has 2 unspecified atom stereocenters. The van der Waals surface area contributed by atoms with E-state index in [0.29, 0.717) is 0 Å². The van der Waals surface area contributed by atoms with E-state index >= 15 is 0 Å². The zero-order valence-corrected chi connectivity index (χ0v) is 10.8. The van der Waals surface area contributed by atoms with Gasteiger partial charge in [-0.2, -0.15) is 13.2 Å². The summed E-state index contributed by atoms with van der Waals surface area (Å²) in [5.74, 6) is 0. The molecule has 1 aliphatic heterocycles. The van der Waals surface area contributed by atoms with Crippen LogP contribution in [0.25, 0.3) is 0 Å². The van der Waals surface area contributed by atoms with Crippen LogP contribution in [0.4, 0.5) is 13.2 Å². The van der Waals surface area contributed by atoms with E-state index in [-0.39, 0.29) is 12.1 Å². The monoisotopic (exact) mass is 273 g/mol. The summed E-state index contributed by atoms with van der Waals surface area (Å²) in [6.45, 7) is 0.786. The highest BCUT2D eigenvalue weighted by Crippen LogP contribution is 2.31. The lowest BCUT2D eigenvalue weighted by Gasteiger charge is -2.20. The number of halogens is 3. The molecule has 0 aliphatic carbocycles. The van der Waals surface area contributed by atoms with Gasteiger partial charge in [-0.15, -0.1) is 0 Å². The molecule has 2 nitrogen and oxygen atoms in total. The largest absolute Gasteiger partial charge is 0.416 e. The molecule has 0 saturated carbocycles. The van der Waals surface area contributed by atoms with Crippen molar-refractivity contribution in [3.63, 3.8) is 0 Å². The standard InChI is InChI=1S/C14H18F3NO/c1-18-13(9-12-3-2-8-19-12)10-4-6-11(7-5-10)14(15,16)17/h4-7,12-13,18H,2-3,8-9H2,1H3. The van der Waals surface area contributed by atoms with Gasteiger partial charge in [-0.3, -0.25) is 0 Å². The van der Waals surface area contributed by atoms with E-state index in [1.807, 2.05) is 7.05 Å². The number of nitrogens with one attached hydrogen (secondary N) is 1. The molecule has 2 atom stereocenters. The first kappa shape index (κ1) is 14.3. The zero-order chi connectivity index (χ0) is 13.9. The number of rotatable bonds is 4. The molecule has 0 spiro atoms. The lowest BCUT2D eigenvalue weighted by Crippen LogP contribution is -2.22. The topological polar surface area (TPSA) is 21.3 Å². The molecular formula is C14H18F3NO. The van der Waals surface area contributed by atoms with Gasteiger partial charge in [0.1, 0.15) is 0 Å². The van der Waals surface area contributed by atoms with Crippen molar-refractivity contribution in [3.05, 3.63) is 35.4 Å². The summed E-state index contributed by atoms with van der Waals surface area (Å²) >= 11 is 0. The normalized spacial score (nSPS) is 21.6. The summed E-state index contributed by atoms with van der Waals surface area (Å²) in [6, 6.07) is 5.38. The Kier molecular flexibility index (Phi) is 4.47. The van der Waals surface area contributed by atoms with Gasteiger partial charge in [0.2, 0.25) is 0 Å². The highest BCUT2D eigenvalue weighted by atomic mass is 19.4. The van der Waals surface area contributed by atoms with Crippen molar-refractivity contribution in [3.8, 4) is 0 Å². The number of benzene rings is 1. The van der Waals surface area contributed by atoms with Gasteiger partial charge in [0.05, 0.1) is 11.7 Å². The average molecular weight is 273 g/mol. The van der Waals surface area contributed by atoms with Gasteiger partial charge in [-0.25, -0.2) is 0 Å². The number of alkyl halides is 3. The molecule has 2 rings (SSSR count). The second-order valence-electron chi connectivity index (χ2n) is 4.83. The molecule has 0 aromatic heterocycles. The summed E-state index contributed by atoms with van der Waals surface area (Å²) < 4.78 is 43.0. The van der Waals surface area contributed by atoms with Gasteiger partial charge in [0.25, 0.3) is 0 Å². The maximum absolute atomic E-state index is 12.5. The van der Waals surface area contributed by atoms with Crippen molar-refractivity contribution in [2.75, 3.05) is 13.7 Å². The maximum Gasteiger partial charge on any atom is 0.416 e. The van der Waals surface area contributed by atoms with Crippen molar-refractivity contribution in [2.24, 2.45) is 0 Å². The third-order valence-corrected chi connectivity index (χ3v) is 3.51. The van der Waals surface area contributed by atoms with E-state index in [1.54, 1.807) is 12.1 Å². The fourth-order valence-corrected chi connectivity index (χ4v) is 2.42.